The van der Waals surface area contributed by atoms with Crippen molar-refractivity contribution >= 4 is 5.78 Å². The second-order valence-corrected chi connectivity index (χ2v) is 8.19. The molecule has 6 heteroatoms. The molecule has 164 valence electrons. The molecule has 0 aromatic heterocycles. The first-order valence-electron chi connectivity index (χ1n) is 10.2. The van der Waals surface area contributed by atoms with E-state index < -0.39 is 6.10 Å². The molecule has 0 aliphatic carbocycles. The summed E-state index contributed by atoms with van der Waals surface area (Å²) in [4.78, 5) is 12.6. The maximum absolute atomic E-state index is 12.6. The lowest BCUT2D eigenvalue weighted by Gasteiger charge is -2.26. The summed E-state index contributed by atoms with van der Waals surface area (Å²) in [5.74, 6) is -1.27. The van der Waals surface area contributed by atoms with Crippen LogP contribution in [-0.2, 0) is 6.42 Å². The van der Waals surface area contributed by atoms with E-state index in [1.807, 2.05) is 13.0 Å². The Hall–Kier alpha value is -3.41. The van der Waals surface area contributed by atoms with Gasteiger partial charge in [0.15, 0.2) is 17.3 Å². The van der Waals surface area contributed by atoms with Crippen LogP contribution in [-0.4, -0.2) is 26.2 Å². The number of aromatic hydroxyl groups is 4. The Morgan fingerprint density at radius 1 is 1.03 bits per heavy atom. The van der Waals surface area contributed by atoms with Gasteiger partial charge in [-0.25, -0.2) is 0 Å². The van der Waals surface area contributed by atoms with Crippen LogP contribution in [0.1, 0.15) is 67.6 Å². The molecule has 0 spiro atoms. The normalized spacial score (nSPS) is 15.9. The predicted molar refractivity (Wildman–Crippen MR) is 118 cm³/mol. The number of ether oxygens (including phenoxy) is 1. The molecule has 3 rings (SSSR count). The molecule has 0 saturated heterocycles. The number of benzene rings is 2. The molecule has 0 radical (unpaired) electrons. The van der Waals surface area contributed by atoms with Gasteiger partial charge in [0.25, 0.3) is 0 Å². The van der Waals surface area contributed by atoms with Crippen molar-refractivity contribution in [1.29, 1.82) is 0 Å². The van der Waals surface area contributed by atoms with Gasteiger partial charge in [-0.15, -0.1) is 0 Å². The molecule has 1 atom stereocenters. The van der Waals surface area contributed by atoms with E-state index in [0.29, 0.717) is 17.5 Å². The van der Waals surface area contributed by atoms with Gasteiger partial charge < -0.3 is 25.2 Å². The van der Waals surface area contributed by atoms with Crippen LogP contribution < -0.4 is 4.74 Å². The molecule has 2 aromatic rings. The van der Waals surface area contributed by atoms with Crippen LogP contribution in [0.25, 0.3) is 0 Å². The van der Waals surface area contributed by atoms with E-state index in [0.717, 1.165) is 18.9 Å². The van der Waals surface area contributed by atoms with Crippen LogP contribution in [0.2, 0.25) is 0 Å². The minimum atomic E-state index is -0.714. The molecule has 0 unspecified atom stereocenters. The van der Waals surface area contributed by atoms with Crippen LogP contribution in [0.4, 0.5) is 0 Å². The maximum atomic E-state index is 12.6. The second-order valence-electron chi connectivity index (χ2n) is 8.19. The average molecular weight is 424 g/mol. The minimum Gasteiger partial charge on any atom is -0.508 e. The first kappa shape index (κ1) is 22.3. The number of allylic oxidation sites excluding steroid dienone is 4. The molecule has 1 heterocycles. The predicted octanol–water partition coefficient (Wildman–Crippen LogP) is 5.45. The summed E-state index contributed by atoms with van der Waals surface area (Å²) in [5, 5.41) is 40.2. The van der Waals surface area contributed by atoms with Gasteiger partial charge in [0.05, 0.1) is 6.42 Å². The summed E-state index contributed by atoms with van der Waals surface area (Å²) < 4.78 is 5.85. The molecule has 0 saturated carbocycles. The van der Waals surface area contributed by atoms with E-state index in [1.54, 1.807) is 6.07 Å². The zero-order valence-electron chi connectivity index (χ0n) is 18.0. The minimum absolute atomic E-state index is 0.0344. The summed E-state index contributed by atoms with van der Waals surface area (Å²) in [7, 11) is 0. The topological polar surface area (TPSA) is 107 Å². The molecule has 6 nitrogen and oxygen atoms in total. The summed E-state index contributed by atoms with van der Waals surface area (Å²) in [6, 6.07) is 5.45. The highest BCUT2D eigenvalue weighted by Gasteiger charge is 2.31. The smallest absolute Gasteiger partial charge is 0.174 e. The zero-order valence-corrected chi connectivity index (χ0v) is 18.0. The third-order valence-corrected chi connectivity index (χ3v) is 5.31. The van der Waals surface area contributed by atoms with Crippen LogP contribution in [0.3, 0.4) is 0 Å². The van der Waals surface area contributed by atoms with Crippen LogP contribution >= 0.6 is 0 Å². The largest absolute Gasteiger partial charge is 0.508 e. The molecule has 1 aliphatic rings. The Labute approximate surface area is 181 Å². The van der Waals surface area contributed by atoms with Crippen molar-refractivity contribution < 1.29 is 30.0 Å². The molecule has 2 aromatic carbocycles. The number of Topliss-reactive ketones (excluding diaryl/α,β-unsaturated/α-hetero) is 1. The lowest BCUT2D eigenvalue weighted by molar-refractivity contribution is 0.0844. The van der Waals surface area contributed by atoms with Crippen molar-refractivity contribution in [2.45, 2.75) is 52.6 Å². The molecular weight excluding hydrogens is 396 g/mol. The van der Waals surface area contributed by atoms with Crippen LogP contribution in [0.15, 0.2) is 47.6 Å². The Kier molecular flexibility index (Phi) is 6.59. The Balaban J connectivity index is 1.84. The van der Waals surface area contributed by atoms with Crippen molar-refractivity contribution in [3.05, 3.63) is 64.3 Å². The first-order chi connectivity index (χ1) is 14.7. The Morgan fingerprint density at radius 3 is 2.48 bits per heavy atom. The van der Waals surface area contributed by atoms with E-state index in [1.165, 1.54) is 23.3 Å². The second kappa shape index (κ2) is 9.16. The third kappa shape index (κ3) is 5.20. The van der Waals surface area contributed by atoms with E-state index >= 15 is 0 Å². The SMILES string of the molecule is CC(C)=CCC/C(C)=C\Cc1cc([C@@H]2CC(=O)c3c(O)cc(O)cc3O2)cc(O)c1O. The maximum Gasteiger partial charge on any atom is 0.174 e. The highest BCUT2D eigenvalue weighted by atomic mass is 16.5. The molecule has 4 N–H and O–H groups in total. The standard InChI is InChI=1S/C25H28O6/c1-14(2)5-4-6-15(3)7-8-16-9-17(10-21(29)25(16)30)22-13-20(28)24-19(27)11-18(26)12-23(24)31-22/h5,7,9-12,22,26-27,29-30H,4,6,8,13H2,1-3H3/b15-7-/t22-/m0/s1. The average Bonchev–Trinajstić information content (AvgIpc) is 2.67. The summed E-state index contributed by atoms with van der Waals surface area (Å²) in [6.45, 7) is 6.15. The number of carbonyl (C=O) groups excluding carboxylic acids is 1. The summed E-state index contributed by atoms with van der Waals surface area (Å²) in [5.41, 5.74) is 3.53. The van der Waals surface area contributed by atoms with Gasteiger partial charge in [-0.2, -0.15) is 0 Å². The monoisotopic (exact) mass is 424 g/mol. The van der Waals surface area contributed by atoms with Crippen molar-refractivity contribution in [3.8, 4) is 28.7 Å². The lowest BCUT2D eigenvalue weighted by atomic mass is 9.93. The lowest BCUT2D eigenvalue weighted by Crippen LogP contribution is -2.20. The number of carbonyl (C=O) groups is 1. The third-order valence-electron chi connectivity index (χ3n) is 5.31. The highest BCUT2D eigenvalue weighted by molar-refractivity contribution is 6.02. The van der Waals surface area contributed by atoms with E-state index in [9.17, 15) is 25.2 Å². The van der Waals surface area contributed by atoms with Crippen LogP contribution in [0.5, 0.6) is 28.7 Å². The van der Waals surface area contributed by atoms with Crippen molar-refractivity contribution in [1.82, 2.24) is 0 Å². The molecule has 0 bridgehead atoms. The molecule has 0 amide bonds. The highest BCUT2D eigenvalue weighted by Crippen LogP contribution is 2.43. The van der Waals surface area contributed by atoms with Crippen LogP contribution in [0, 0.1) is 0 Å². The number of phenols is 4. The van der Waals surface area contributed by atoms with E-state index in [2.05, 4.69) is 19.9 Å². The Morgan fingerprint density at radius 2 is 1.77 bits per heavy atom. The van der Waals surface area contributed by atoms with Crippen molar-refractivity contribution in [2.75, 3.05) is 0 Å². The number of ketones is 1. The van der Waals surface area contributed by atoms with Crippen molar-refractivity contribution in [3.63, 3.8) is 0 Å². The number of fused-ring (bicyclic) bond motifs is 1. The Bertz CT molecular complexity index is 1060. The fourth-order valence-corrected chi connectivity index (χ4v) is 3.63. The van der Waals surface area contributed by atoms with E-state index in [4.69, 9.17) is 4.74 Å². The summed E-state index contributed by atoms with van der Waals surface area (Å²) in [6.07, 6.45) is 5.70. The van der Waals surface area contributed by atoms with Gasteiger partial charge >= 0.3 is 0 Å². The molecule has 1 aliphatic heterocycles. The molecule has 0 fully saturated rings. The molecular formula is C25H28O6. The fraction of sp³-hybridized carbons (Fsp3) is 0.320. The zero-order chi connectivity index (χ0) is 22.7. The number of hydrogen-bond donors (Lipinski definition) is 4. The van der Waals surface area contributed by atoms with E-state index in [-0.39, 0.29) is 46.5 Å². The van der Waals surface area contributed by atoms with Gasteiger partial charge in [-0.05, 0) is 57.7 Å². The van der Waals surface area contributed by atoms with Gasteiger partial charge in [0, 0.05) is 17.7 Å². The van der Waals surface area contributed by atoms with Gasteiger partial charge in [-0.3, -0.25) is 4.79 Å². The van der Waals surface area contributed by atoms with Gasteiger partial charge in [0.2, 0.25) is 0 Å². The number of phenolic OH excluding ortho intramolecular Hbond substituents is 4. The number of hydrogen-bond acceptors (Lipinski definition) is 6. The number of rotatable bonds is 6. The van der Waals surface area contributed by atoms with Gasteiger partial charge in [-0.1, -0.05) is 23.3 Å². The molecule has 31 heavy (non-hydrogen) atoms. The first-order valence-corrected chi connectivity index (χ1v) is 10.2. The fourth-order valence-electron chi connectivity index (χ4n) is 3.63. The van der Waals surface area contributed by atoms with Gasteiger partial charge in [0.1, 0.15) is 28.9 Å². The van der Waals surface area contributed by atoms with Crippen molar-refractivity contribution in [2.24, 2.45) is 0 Å². The quantitative estimate of drug-likeness (QED) is 0.363. The summed E-state index contributed by atoms with van der Waals surface area (Å²) >= 11 is 0.